The maximum atomic E-state index is 12.1. The maximum absolute atomic E-state index is 12.1. The molecule has 2 N–H and O–H groups in total. The minimum Gasteiger partial charge on any atom is -0.480 e. The van der Waals surface area contributed by atoms with Crippen molar-refractivity contribution < 1.29 is 14.7 Å². The van der Waals surface area contributed by atoms with Gasteiger partial charge in [-0.3, -0.25) is 4.79 Å². The Bertz CT molecular complexity index is 482. The van der Waals surface area contributed by atoms with E-state index in [1.54, 1.807) is 30.8 Å². The maximum Gasteiger partial charge on any atom is 0.326 e. The zero-order chi connectivity index (χ0) is 15.8. The lowest BCUT2D eigenvalue weighted by Gasteiger charge is -2.17. The van der Waals surface area contributed by atoms with Crippen molar-refractivity contribution >= 4 is 47.0 Å². The van der Waals surface area contributed by atoms with Crippen molar-refractivity contribution in [2.24, 2.45) is 0 Å². The molecule has 2 atom stereocenters. The van der Waals surface area contributed by atoms with Gasteiger partial charge in [-0.05, 0) is 49.6 Å². The van der Waals surface area contributed by atoms with Gasteiger partial charge >= 0.3 is 5.97 Å². The molecule has 0 bridgehead atoms. The van der Waals surface area contributed by atoms with Gasteiger partial charge < -0.3 is 10.4 Å². The lowest BCUT2D eigenvalue weighted by atomic mass is 10.2. The van der Waals surface area contributed by atoms with Crippen molar-refractivity contribution in [3.63, 3.8) is 0 Å². The predicted octanol–water partition coefficient (Wildman–Crippen LogP) is 3.14. The fraction of sp³-hybridized carbons (Fsp3) is 0.429. The fourth-order valence-corrected chi connectivity index (χ4v) is 3.03. The molecule has 1 aromatic carbocycles. The van der Waals surface area contributed by atoms with Crippen LogP contribution in [0.15, 0.2) is 29.2 Å². The molecule has 0 aliphatic carbocycles. The van der Waals surface area contributed by atoms with Crippen LogP contribution in [-0.2, 0) is 9.59 Å². The van der Waals surface area contributed by atoms with Gasteiger partial charge in [-0.1, -0.05) is 11.6 Å². The Morgan fingerprint density at radius 3 is 2.48 bits per heavy atom. The molecular weight excluding hydrogens is 330 g/mol. The van der Waals surface area contributed by atoms with E-state index in [4.69, 9.17) is 16.7 Å². The Balaban J connectivity index is 2.56. The molecule has 0 heterocycles. The second kappa shape index (κ2) is 9.23. The van der Waals surface area contributed by atoms with Crippen LogP contribution in [0.2, 0.25) is 5.02 Å². The van der Waals surface area contributed by atoms with E-state index in [9.17, 15) is 9.59 Å². The van der Waals surface area contributed by atoms with E-state index in [1.807, 2.05) is 18.4 Å². The van der Waals surface area contributed by atoms with Gasteiger partial charge in [0.05, 0.1) is 5.25 Å². The smallest absolute Gasteiger partial charge is 0.326 e. The highest BCUT2D eigenvalue weighted by molar-refractivity contribution is 8.00. The first-order chi connectivity index (χ1) is 9.93. The van der Waals surface area contributed by atoms with Crippen molar-refractivity contribution in [2.75, 3.05) is 12.0 Å². The van der Waals surface area contributed by atoms with Crippen LogP contribution in [0.5, 0.6) is 0 Å². The molecule has 0 saturated heterocycles. The third-order valence-corrected chi connectivity index (χ3v) is 4.73. The average Bonchev–Trinajstić information content (AvgIpc) is 2.45. The number of carbonyl (C=O) groups is 2. The number of carboxylic acids is 1. The molecule has 0 saturated carbocycles. The molecule has 0 fully saturated rings. The molecule has 0 radical (unpaired) electrons. The Hall–Kier alpha value is -0.850. The van der Waals surface area contributed by atoms with E-state index in [1.165, 1.54) is 11.8 Å². The Morgan fingerprint density at radius 1 is 1.33 bits per heavy atom. The van der Waals surface area contributed by atoms with Crippen LogP contribution in [0.4, 0.5) is 0 Å². The summed E-state index contributed by atoms with van der Waals surface area (Å²) < 4.78 is 0. The molecule has 0 spiro atoms. The zero-order valence-corrected chi connectivity index (χ0v) is 14.2. The number of hydrogen-bond acceptors (Lipinski definition) is 4. The minimum atomic E-state index is -0.999. The van der Waals surface area contributed by atoms with Crippen LogP contribution >= 0.6 is 35.1 Å². The van der Waals surface area contributed by atoms with Gasteiger partial charge in [0.1, 0.15) is 6.04 Å². The van der Waals surface area contributed by atoms with Crippen molar-refractivity contribution in [2.45, 2.75) is 29.5 Å². The third kappa shape index (κ3) is 6.63. The summed E-state index contributed by atoms with van der Waals surface area (Å²) in [6.45, 7) is 1.75. The Kier molecular flexibility index (Phi) is 8.00. The molecule has 4 nitrogen and oxygen atoms in total. The van der Waals surface area contributed by atoms with Crippen molar-refractivity contribution in [3.8, 4) is 0 Å². The quantitative estimate of drug-likeness (QED) is 0.707. The van der Waals surface area contributed by atoms with Crippen molar-refractivity contribution in [1.82, 2.24) is 5.32 Å². The molecular formula is C14H18ClNO3S2. The number of aliphatic carboxylic acids is 1. The first-order valence-corrected chi connectivity index (χ1v) is 9.03. The van der Waals surface area contributed by atoms with Gasteiger partial charge in [0.15, 0.2) is 0 Å². The van der Waals surface area contributed by atoms with Gasteiger partial charge in [0, 0.05) is 9.92 Å². The van der Waals surface area contributed by atoms with Crippen LogP contribution < -0.4 is 5.32 Å². The van der Waals surface area contributed by atoms with Crippen LogP contribution in [0.25, 0.3) is 0 Å². The molecule has 1 rings (SSSR count). The predicted molar refractivity (Wildman–Crippen MR) is 89.3 cm³/mol. The summed E-state index contributed by atoms with van der Waals surface area (Å²) in [6.07, 6.45) is 2.32. The number of nitrogens with one attached hydrogen (secondary N) is 1. The fourth-order valence-electron chi connectivity index (χ4n) is 1.55. The summed E-state index contributed by atoms with van der Waals surface area (Å²) in [5.41, 5.74) is 0. The monoisotopic (exact) mass is 347 g/mol. The lowest BCUT2D eigenvalue weighted by Crippen LogP contribution is -2.44. The molecule has 21 heavy (non-hydrogen) atoms. The van der Waals surface area contributed by atoms with E-state index in [2.05, 4.69) is 5.32 Å². The second-order valence-corrected chi connectivity index (χ2v) is 7.23. The zero-order valence-electron chi connectivity index (χ0n) is 11.8. The standard InChI is InChI=1S/C14H18ClNO3S2/c1-9(21-11-5-3-10(15)4-6-11)13(17)16-12(14(18)19)7-8-20-2/h3-6,9,12H,7-8H2,1-2H3,(H,16,17)(H,18,19). The van der Waals surface area contributed by atoms with Gasteiger partial charge in [-0.15, -0.1) is 11.8 Å². The molecule has 1 amide bonds. The summed E-state index contributed by atoms with van der Waals surface area (Å²) in [4.78, 5) is 24.1. The number of carbonyl (C=O) groups excluding carboxylic acids is 1. The first kappa shape index (κ1) is 18.2. The number of halogens is 1. The summed E-state index contributed by atoms with van der Waals surface area (Å²) in [7, 11) is 0. The minimum absolute atomic E-state index is 0.275. The molecule has 7 heteroatoms. The van der Waals surface area contributed by atoms with E-state index in [0.29, 0.717) is 17.2 Å². The van der Waals surface area contributed by atoms with E-state index in [-0.39, 0.29) is 11.2 Å². The highest BCUT2D eigenvalue weighted by atomic mass is 35.5. The molecule has 0 aromatic heterocycles. The Morgan fingerprint density at radius 2 is 1.95 bits per heavy atom. The number of carboxylic acid groups (broad SMARTS) is 1. The first-order valence-electron chi connectivity index (χ1n) is 6.38. The van der Waals surface area contributed by atoms with E-state index in [0.717, 1.165) is 4.90 Å². The second-order valence-electron chi connectivity index (χ2n) is 4.39. The van der Waals surface area contributed by atoms with Crippen molar-refractivity contribution in [3.05, 3.63) is 29.3 Å². The molecule has 116 valence electrons. The van der Waals surface area contributed by atoms with Crippen LogP contribution in [0.3, 0.4) is 0 Å². The highest BCUT2D eigenvalue weighted by Gasteiger charge is 2.23. The normalized spacial score (nSPS) is 13.5. The lowest BCUT2D eigenvalue weighted by molar-refractivity contribution is -0.141. The van der Waals surface area contributed by atoms with Crippen LogP contribution in [0.1, 0.15) is 13.3 Å². The van der Waals surface area contributed by atoms with Crippen molar-refractivity contribution in [1.29, 1.82) is 0 Å². The SMILES string of the molecule is CSCCC(NC(=O)C(C)Sc1ccc(Cl)cc1)C(=O)O. The summed E-state index contributed by atoms with van der Waals surface area (Å²) in [6, 6.07) is 6.34. The largest absolute Gasteiger partial charge is 0.480 e. The molecule has 2 unspecified atom stereocenters. The van der Waals surface area contributed by atoms with Crippen LogP contribution in [-0.4, -0.2) is 40.3 Å². The van der Waals surface area contributed by atoms with E-state index >= 15 is 0 Å². The topological polar surface area (TPSA) is 66.4 Å². The number of amides is 1. The Labute approximate surface area is 138 Å². The van der Waals surface area contributed by atoms with Gasteiger partial charge in [-0.2, -0.15) is 11.8 Å². The van der Waals surface area contributed by atoms with Gasteiger partial charge in [-0.25, -0.2) is 4.79 Å². The molecule has 1 aromatic rings. The highest BCUT2D eigenvalue weighted by Crippen LogP contribution is 2.24. The summed E-state index contributed by atoms with van der Waals surface area (Å²) in [5, 5.41) is 12.0. The van der Waals surface area contributed by atoms with E-state index < -0.39 is 12.0 Å². The number of rotatable bonds is 8. The summed E-state index contributed by atoms with van der Waals surface area (Å²) in [5.74, 6) is -0.583. The number of benzene rings is 1. The third-order valence-electron chi connectivity index (χ3n) is 2.72. The summed E-state index contributed by atoms with van der Waals surface area (Å²) >= 11 is 8.73. The van der Waals surface area contributed by atoms with Gasteiger partial charge in [0.25, 0.3) is 0 Å². The number of hydrogen-bond donors (Lipinski definition) is 2. The van der Waals surface area contributed by atoms with Crippen LogP contribution in [0, 0.1) is 0 Å². The molecule has 0 aliphatic heterocycles. The molecule has 0 aliphatic rings. The number of thioether (sulfide) groups is 2. The van der Waals surface area contributed by atoms with Gasteiger partial charge in [0.2, 0.25) is 5.91 Å². The average molecular weight is 348 g/mol.